The van der Waals surface area contributed by atoms with Crippen molar-refractivity contribution in [1.29, 1.82) is 0 Å². The lowest BCUT2D eigenvalue weighted by atomic mass is 9.97. The number of rotatable bonds is 3. The summed E-state index contributed by atoms with van der Waals surface area (Å²) in [6.07, 6.45) is -4.68. The van der Waals surface area contributed by atoms with Crippen LogP contribution >= 0.6 is 25.1 Å². The molecule has 0 spiro atoms. The molecule has 1 atom stereocenters. The van der Waals surface area contributed by atoms with E-state index in [0.717, 1.165) is 17.1 Å². The molecule has 0 fully saturated rings. The topological polar surface area (TPSA) is 89.5 Å². The minimum atomic E-state index is -4.82. The summed E-state index contributed by atoms with van der Waals surface area (Å²) in [7, 11) is 1.22. The number of hydrogen-bond donors (Lipinski definition) is 1. The number of nitrogens with zero attached hydrogens (tertiary/aromatic N) is 2. The van der Waals surface area contributed by atoms with Gasteiger partial charge in [-0.15, -0.1) is 13.2 Å². The van der Waals surface area contributed by atoms with Crippen molar-refractivity contribution in [1.82, 2.24) is 5.01 Å². The highest BCUT2D eigenvalue weighted by atomic mass is 35.5. The second kappa shape index (κ2) is 9.12. The van der Waals surface area contributed by atoms with Gasteiger partial charge in [0.15, 0.2) is 0 Å². The number of carbonyl (C=O) groups is 2. The molecule has 0 unspecified atom stereocenters. The highest BCUT2D eigenvalue weighted by molar-refractivity contribution is 7.59. The lowest BCUT2D eigenvalue weighted by Crippen LogP contribution is -2.55. The van der Waals surface area contributed by atoms with Crippen molar-refractivity contribution in [2.75, 3.05) is 19.2 Å². The molecule has 0 radical (unpaired) electrons. The number of alkyl halides is 3. The molecular formula is C20H17ClF3N3O5S. The quantitative estimate of drug-likeness (QED) is 0.638. The summed E-state index contributed by atoms with van der Waals surface area (Å²) >= 11 is 6.05. The van der Waals surface area contributed by atoms with Gasteiger partial charge in [0.25, 0.3) is 0 Å². The first kappa shape index (κ1) is 24.7. The van der Waals surface area contributed by atoms with Crippen LogP contribution in [0.2, 0.25) is 5.02 Å². The highest BCUT2D eigenvalue weighted by Gasteiger charge is 2.55. The number of benzene rings is 2. The van der Waals surface area contributed by atoms with Crippen LogP contribution in [0.1, 0.15) is 11.1 Å². The van der Waals surface area contributed by atoms with Crippen molar-refractivity contribution >= 4 is 48.5 Å². The fourth-order valence-electron chi connectivity index (χ4n) is 3.51. The van der Waals surface area contributed by atoms with Crippen LogP contribution in [0.5, 0.6) is 5.75 Å². The molecule has 176 valence electrons. The molecule has 4 rings (SSSR count). The number of halogens is 4. The van der Waals surface area contributed by atoms with Gasteiger partial charge in [-0.25, -0.2) is 9.59 Å². The van der Waals surface area contributed by atoms with Gasteiger partial charge in [-0.2, -0.15) is 23.6 Å². The Morgan fingerprint density at radius 3 is 2.55 bits per heavy atom. The number of amides is 2. The van der Waals surface area contributed by atoms with E-state index in [1.54, 1.807) is 18.2 Å². The Labute approximate surface area is 197 Å². The number of carbonyl (C=O) groups excluding carboxylic acids is 2. The predicted molar refractivity (Wildman–Crippen MR) is 117 cm³/mol. The molecule has 1 aliphatic carbocycles. The molecule has 0 bridgehead atoms. The molecule has 0 aromatic heterocycles. The summed E-state index contributed by atoms with van der Waals surface area (Å²) in [4.78, 5) is 25.2. The molecule has 8 nitrogen and oxygen atoms in total. The fraction of sp³-hybridized carbons (Fsp3) is 0.250. The molecule has 2 aromatic rings. The Balaban J connectivity index is 0.00000306. The van der Waals surface area contributed by atoms with Gasteiger partial charge < -0.3 is 19.5 Å². The molecule has 1 N–H and O–H groups in total. The normalized spacial score (nSPS) is 18.9. The first-order valence-electron chi connectivity index (χ1n) is 9.16. The van der Waals surface area contributed by atoms with Gasteiger partial charge >= 0.3 is 18.4 Å². The van der Waals surface area contributed by atoms with E-state index in [2.05, 4.69) is 15.2 Å². The summed E-state index contributed by atoms with van der Waals surface area (Å²) in [6.45, 7) is -0.360. The smallest absolute Gasteiger partial charge is 0.467 e. The van der Waals surface area contributed by atoms with Crippen molar-refractivity contribution in [3.63, 3.8) is 0 Å². The van der Waals surface area contributed by atoms with Gasteiger partial charge in [-0.3, -0.25) is 0 Å². The van der Waals surface area contributed by atoms with Crippen molar-refractivity contribution in [2.45, 2.75) is 18.4 Å². The minimum absolute atomic E-state index is 0. The maximum absolute atomic E-state index is 12.7. The lowest BCUT2D eigenvalue weighted by Gasteiger charge is -2.34. The summed E-state index contributed by atoms with van der Waals surface area (Å²) in [5, 5.41) is 8.24. The number of hydrazone groups is 1. The summed E-state index contributed by atoms with van der Waals surface area (Å²) < 4.78 is 51.3. The van der Waals surface area contributed by atoms with Crippen LogP contribution in [0.3, 0.4) is 0 Å². The molecule has 1 aliphatic heterocycles. The molecular weight excluding hydrogens is 487 g/mol. The van der Waals surface area contributed by atoms with Crippen LogP contribution < -0.4 is 10.1 Å². The Kier molecular flexibility index (Phi) is 6.82. The van der Waals surface area contributed by atoms with Crippen LogP contribution in [0.15, 0.2) is 47.6 Å². The maximum atomic E-state index is 12.7. The first-order valence-corrected chi connectivity index (χ1v) is 9.54. The highest BCUT2D eigenvalue weighted by Crippen LogP contribution is 2.38. The zero-order valence-corrected chi connectivity index (χ0v) is 18.7. The third-order valence-electron chi connectivity index (χ3n) is 4.89. The second-order valence-electron chi connectivity index (χ2n) is 6.92. The van der Waals surface area contributed by atoms with E-state index in [0.29, 0.717) is 16.1 Å². The molecule has 2 aromatic carbocycles. The van der Waals surface area contributed by atoms with Gasteiger partial charge in [-0.1, -0.05) is 17.7 Å². The van der Waals surface area contributed by atoms with Crippen LogP contribution in [-0.2, 0) is 20.7 Å². The van der Waals surface area contributed by atoms with Gasteiger partial charge in [-0.05, 0) is 42.0 Å². The van der Waals surface area contributed by atoms with Crippen molar-refractivity contribution in [3.8, 4) is 5.75 Å². The van der Waals surface area contributed by atoms with Gasteiger partial charge in [0.05, 0.1) is 7.11 Å². The zero-order chi connectivity index (χ0) is 23.1. The van der Waals surface area contributed by atoms with Crippen LogP contribution in [0.4, 0.5) is 23.7 Å². The van der Waals surface area contributed by atoms with Gasteiger partial charge in [0.2, 0.25) is 5.60 Å². The Morgan fingerprint density at radius 2 is 1.91 bits per heavy atom. The van der Waals surface area contributed by atoms with Crippen molar-refractivity contribution in [3.05, 3.63) is 58.6 Å². The molecule has 0 saturated heterocycles. The average molecular weight is 504 g/mol. The number of methoxy groups -OCH3 is 1. The Bertz CT molecular complexity index is 1110. The third kappa shape index (κ3) is 4.87. The number of ether oxygens (including phenoxy) is 3. The SMILES string of the molecule is COC(=O)[C@]12Cc3cc(Cl)ccc3C1=NN(C(=O)Nc1ccc(OC(F)(F)F)cc1)CO2.S. The molecule has 33 heavy (non-hydrogen) atoms. The lowest BCUT2D eigenvalue weighted by molar-refractivity contribution is -0.274. The maximum Gasteiger partial charge on any atom is 0.573 e. The molecule has 13 heteroatoms. The molecule has 2 amide bonds. The van der Waals surface area contributed by atoms with E-state index in [1.807, 2.05) is 0 Å². The standard InChI is InChI=1S/C20H15ClF3N3O5.H2S/c1-30-17(28)19-9-11-8-12(21)2-7-15(11)16(19)26-27(10-31-19)18(29)25-13-3-5-14(6-4-13)32-20(22,23)24;/h2-8H,9-10H2,1H3,(H,25,29);1H2/t19-;/m0./s1. The Hall–Kier alpha value is -2.96. The summed E-state index contributed by atoms with van der Waals surface area (Å²) in [5.74, 6) is -1.09. The summed E-state index contributed by atoms with van der Waals surface area (Å²) in [5.41, 5.74) is 0.198. The number of anilines is 1. The third-order valence-corrected chi connectivity index (χ3v) is 5.12. The van der Waals surface area contributed by atoms with E-state index in [-0.39, 0.29) is 38.0 Å². The minimum Gasteiger partial charge on any atom is -0.467 e. The Morgan fingerprint density at radius 1 is 1.21 bits per heavy atom. The zero-order valence-electron chi connectivity index (χ0n) is 16.9. The fourth-order valence-corrected chi connectivity index (χ4v) is 3.70. The average Bonchev–Trinajstić information content (AvgIpc) is 3.07. The van der Waals surface area contributed by atoms with E-state index in [4.69, 9.17) is 21.1 Å². The van der Waals surface area contributed by atoms with Crippen LogP contribution in [0, 0.1) is 0 Å². The van der Waals surface area contributed by atoms with E-state index < -0.39 is 29.7 Å². The van der Waals surface area contributed by atoms with Crippen molar-refractivity contribution in [2.24, 2.45) is 5.10 Å². The first-order chi connectivity index (χ1) is 15.1. The van der Waals surface area contributed by atoms with E-state index in [9.17, 15) is 22.8 Å². The molecule has 0 saturated carbocycles. The number of nitrogens with one attached hydrogen (secondary N) is 1. The molecule has 1 heterocycles. The second-order valence-corrected chi connectivity index (χ2v) is 7.36. The molecule has 2 aliphatic rings. The van der Waals surface area contributed by atoms with E-state index in [1.165, 1.54) is 19.2 Å². The predicted octanol–water partition coefficient (Wildman–Crippen LogP) is 4.05. The van der Waals surface area contributed by atoms with Crippen molar-refractivity contribution < 1.29 is 37.0 Å². The number of esters is 1. The van der Waals surface area contributed by atoms with Gasteiger partial charge in [0, 0.05) is 22.7 Å². The summed E-state index contributed by atoms with van der Waals surface area (Å²) in [6, 6.07) is 8.85. The number of hydrogen-bond acceptors (Lipinski definition) is 6. The number of fused-ring (bicyclic) bond motifs is 3. The van der Waals surface area contributed by atoms with Crippen LogP contribution in [0.25, 0.3) is 0 Å². The van der Waals surface area contributed by atoms with Gasteiger partial charge in [0.1, 0.15) is 18.2 Å². The number of urea groups is 1. The monoisotopic (exact) mass is 503 g/mol. The van der Waals surface area contributed by atoms with Crippen LogP contribution in [-0.4, -0.2) is 48.5 Å². The van der Waals surface area contributed by atoms with E-state index >= 15 is 0 Å². The largest absolute Gasteiger partial charge is 0.573 e.